The van der Waals surface area contributed by atoms with Crippen molar-refractivity contribution in [1.82, 2.24) is 15.1 Å². The van der Waals surface area contributed by atoms with Gasteiger partial charge in [-0.25, -0.2) is 4.79 Å². The number of aryl methyl sites for hydroxylation is 1. The van der Waals surface area contributed by atoms with Crippen LogP contribution in [0.3, 0.4) is 0 Å². The third-order valence-corrected chi connectivity index (χ3v) is 5.79. The largest absolute Gasteiger partial charge is 0.437 e. The summed E-state index contributed by atoms with van der Waals surface area (Å²) in [5.74, 6) is 1.02. The molecule has 0 radical (unpaired) electrons. The van der Waals surface area contributed by atoms with E-state index in [0.29, 0.717) is 31.2 Å². The molecule has 1 aliphatic rings. The maximum absolute atomic E-state index is 13.1. The molecule has 0 saturated carbocycles. The monoisotopic (exact) mass is 417 g/mol. The molecule has 1 saturated heterocycles. The van der Waals surface area contributed by atoms with Gasteiger partial charge in [-0.3, -0.25) is 0 Å². The fourth-order valence-electron chi connectivity index (χ4n) is 4.18. The molecule has 160 valence electrons. The van der Waals surface area contributed by atoms with Gasteiger partial charge < -0.3 is 14.1 Å². The number of nitrogens with zero attached hydrogens (tertiary/aromatic N) is 3. The highest BCUT2D eigenvalue weighted by Gasteiger charge is 2.43. The molecular weight excluding hydrogens is 390 g/mol. The zero-order chi connectivity index (χ0) is 22.0. The van der Waals surface area contributed by atoms with Gasteiger partial charge in [0.25, 0.3) is 0 Å². The van der Waals surface area contributed by atoms with Crippen LogP contribution < -0.4 is 0 Å². The molecule has 1 amide bonds. The first-order valence-corrected chi connectivity index (χ1v) is 10.5. The Kier molecular flexibility index (Phi) is 5.63. The molecule has 0 N–H and O–H groups in total. The van der Waals surface area contributed by atoms with Crippen LogP contribution in [0.15, 0.2) is 71.2 Å². The van der Waals surface area contributed by atoms with E-state index in [2.05, 4.69) is 16.8 Å². The second-order valence-corrected chi connectivity index (χ2v) is 8.23. The van der Waals surface area contributed by atoms with Crippen LogP contribution in [0.1, 0.15) is 49.7 Å². The molecule has 1 aliphatic heterocycles. The summed E-state index contributed by atoms with van der Waals surface area (Å²) in [7, 11) is 0. The van der Waals surface area contributed by atoms with Crippen LogP contribution in [-0.2, 0) is 10.3 Å². The number of ether oxygens (including phenoxy) is 1. The first-order chi connectivity index (χ1) is 14.9. The zero-order valence-corrected chi connectivity index (χ0v) is 18.2. The normalized spacial score (nSPS) is 19.7. The van der Waals surface area contributed by atoms with E-state index < -0.39 is 5.60 Å². The molecule has 1 fully saturated rings. The summed E-state index contributed by atoms with van der Waals surface area (Å²) >= 11 is 0. The standard InChI is InChI=1S/C25H27N3O3/c1-17(2)16-25(22-8-6-5-7-9-22)14-15-28(24(29)31-25)18(3)20-10-12-21(13-11-20)23-27-26-19(4)30-23/h5-13,18H,1,14-16H2,2-4H3/t18-,25-/m0/s1. The van der Waals surface area contributed by atoms with Gasteiger partial charge in [-0.1, -0.05) is 54.6 Å². The highest BCUT2D eigenvalue weighted by atomic mass is 16.6. The maximum atomic E-state index is 13.1. The van der Waals surface area contributed by atoms with Gasteiger partial charge in [0.2, 0.25) is 11.8 Å². The number of carbonyl (C=O) groups excluding carboxylic acids is 1. The quantitative estimate of drug-likeness (QED) is 0.473. The average molecular weight is 418 g/mol. The number of cyclic esters (lactones) is 1. The summed E-state index contributed by atoms with van der Waals surface area (Å²) in [6.45, 7) is 10.4. The summed E-state index contributed by atoms with van der Waals surface area (Å²) in [5.41, 5.74) is 3.20. The lowest BCUT2D eigenvalue weighted by Gasteiger charge is -2.43. The van der Waals surface area contributed by atoms with Gasteiger partial charge in [0.1, 0.15) is 5.60 Å². The van der Waals surface area contributed by atoms with E-state index in [9.17, 15) is 4.79 Å². The van der Waals surface area contributed by atoms with Crippen LogP contribution >= 0.6 is 0 Å². The van der Waals surface area contributed by atoms with E-state index >= 15 is 0 Å². The zero-order valence-electron chi connectivity index (χ0n) is 18.2. The molecule has 0 unspecified atom stereocenters. The minimum Gasteiger partial charge on any atom is -0.437 e. The second kappa shape index (κ2) is 8.38. The van der Waals surface area contributed by atoms with Gasteiger partial charge in [-0.05, 0) is 37.1 Å². The van der Waals surface area contributed by atoms with Crippen molar-refractivity contribution in [3.8, 4) is 11.5 Å². The summed E-state index contributed by atoms with van der Waals surface area (Å²) in [6.07, 6.45) is 1.02. The number of rotatable bonds is 6. The van der Waals surface area contributed by atoms with E-state index in [4.69, 9.17) is 9.15 Å². The average Bonchev–Trinajstić information content (AvgIpc) is 3.20. The smallest absolute Gasteiger partial charge is 0.411 e. The third-order valence-electron chi connectivity index (χ3n) is 5.79. The molecular formula is C25H27N3O3. The van der Waals surface area contributed by atoms with Crippen molar-refractivity contribution < 1.29 is 13.9 Å². The van der Waals surface area contributed by atoms with Crippen LogP contribution in [0.2, 0.25) is 0 Å². The Hall–Kier alpha value is -3.41. The third kappa shape index (κ3) is 4.24. The predicted molar refractivity (Wildman–Crippen MR) is 118 cm³/mol. The van der Waals surface area contributed by atoms with Gasteiger partial charge in [0.15, 0.2) is 0 Å². The van der Waals surface area contributed by atoms with Gasteiger partial charge in [0, 0.05) is 31.9 Å². The molecule has 2 heterocycles. The van der Waals surface area contributed by atoms with E-state index in [1.807, 2.05) is 68.4 Å². The van der Waals surface area contributed by atoms with Crippen molar-refractivity contribution in [2.75, 3.05) is 6.54 Å². The molecule has 31 heavy (non-hydrogen) atoms. The molecule has 0 spiro atoms. The van der Waals surface area contributed by atoms with Crippen molar-refractivity contribution in [2.24, 2.45) is 0 Å². The molecule has 0 bridgehead atoms. The number of carbonyl (C=O) groups is 1. The van der Waals surface area contributed by atoms with Crippen molar-refractivity contribution in [3.63, 3.8) is 0 Å². The van der Waals surface area contributed by atoms with Crippen molar-refractivity contribution in [1.29, 1.82) is 0 Å². The minimum atomic E-state index is -0.667. The van der Waals surface area contributed by atoms with Crippen LogP contribution in [0.4, 0.5) is 4.79 Å². The molecule has 1 aromatic heterocycles. The summed E-state index contributed by atoms with van der Waals surface area (Å²) in [6, 6.07) is 17.7. The Bertz CT molecular complexity index is 1070. The second-order valence-electron chi connectivity index (χ2n) is 8.23. The first-order valence-electron chi connectivity index (χ1n) is 10.5. The number of aromatic nitrogens is 2. The molecule has 2 atom stereocenters. The van der Waals surface area contributed by atoms with Crippen LogP contribution in [0.25, 0.3) is 11.5 Å². The van der Waals surface area contributed by atoms with E-state index in [1.54, 1.807) is 11.8 Å². The molecule has 2 aromatic carbocycles. The number of benzene rings is 2. The Morgan fingerprint density at radius 1 is 1.16 bits per heavy atom. The maximum Gasteiger partial charge on any atom is 0.411 e. The van der Waals surface area contributed by atoms with Gasteiger partial charge >= 0.3 is 6.09 Å². The van der Waals surface area contributed by atoms with Crippen molar-refractivity contribution in [2.45, 2.75) is 45.3 Å². The van der Waals surface area contributed by atoms with Crippen molar-refractivity contribution >= 4 is 6.09 Å². The summed E-state index contributed by atoms with van der Waals surface area (Å²) in [5, 5.41) is 7.92. The van der Waals surface area contributed by atoms with Crippen LogP contribution in [-0.4, -0.2) is 27.7 Å². The van der Waals surface area contributed by atoms with E-state index in [0.717, 1.165) is 22.3 Å². The van der Waals surface area contributed by atoms with Gasteiger partial charge in [-0.15, -0.1) is 10.2 Å². The van der Waals surface area contributed by atoms with E-state index in [-0.39, 0.29) is 12.1 Å². The Morgan fingerprint density at radius 2 is 1.87 bits per heavy atom. The topological polar surface area (TPSA) is 68.5 Å². The Morgan fingerprint density at radius 3 is 2.45 bits per heavy atom. The van der Waals surface area contributed by atoms with E-state index in [1.165, 1.54) is 0 Å². The Labute approximate surface area is 182 Å². The Balaban J connectivity index is 1.52. The fraction of sp³-hybridized carbons (Fsp3) is 0.320. The van der Waals surface area contributed by atoms with Crippen molar-refractivity contribution in [3.05, 3.63) is 83.8 Å². The molecule has 0 aliphatic carbocycles. The summed E-state index contributed by atoms with van der Waals surface area (Å²) < 4.78 is 11.6. The number of amides is 1. The lowest BCUT2D eigenvalue weighted by molar-refractivity contribution is -0.0602. The number of hydrogen-bond acceptors (Lipinski definition) is 5. The summed E-state index contributed by atoms with van der Waals surface area (Å²) in [4.78, 5) is 14.9. The highest BCUT2D eigenvalue weighted by molar-refractivity contribution is 5.70. The molecule has 3 aromatic rings. The van der Waals surface area contributed by atoms with Gasteiger partial charge in [0.05, 0.1) is 6.04 Å². The van der Waals surface area contributed by atoms with Crippen LogP contribution in [0.5, 0.6) is 0 Å². The number of hydrogen-bond donors (Lipinski definition) is 0. The SMILES string of the molecule is C=C(C)C[C@]1(c2ccccc2)CCN([C@@H](C)c2ccc(-c3nnc(C)o3)cc2)C(=O)O1. The minimum absolute atomic E-state index is 0.121. The predicted octanol–water partition coefficient (Wildman–Crippen LogP) is 5.81. The van der Waals surface area contributed by atoms with Crippen LogP contribution in [0, 0.1) is 6.92 Å². The lowest BCUT2D eigenvalue weighted by Crippen LogP contribution is -2.48. The fourth-order valence-corrected chi connectivity index (χ4v) is 4.18. The molecule has 6 nitrogen and oxygen atoms in total. The first kappa shape index (κ1) is 20.8. The molecule has 4 rings (SSSR count). The molecule has 6 heteroatoms. The van der Waals surface area contributed by atoms with Gasteiger partial charge in [-0.2, -0.15) is 0 Å². The lowest BCUT2D eigenvalue weighted by atomic mass is 9.83. The highest BCUT2D eigenvalue weighted by Crippen LogP contribution is 2.41.